The number of benzene rings is 3. The van der Waals surface area contributed by atoms with Crippen LogP contribution in [0.25, 0.3) is 4.85 Å². The fourth-order valence-corrected chi connectivity index (χ4v) is 10.3. The van der Waals surface area contributed by atoms with Gasteiger partial charge in [0.2, 0.25) is 17.5 Å². The van der Waals surface area contributed by atoms with Gasteiger partial charge >= 0.3 is 0 Å². The number of fused-ring (bicyclic) bond motifs is 1. The van der Waals surface area contributed by atoms with Crippen LogP contribution in [-0.4, -0.2) is 122 Å². The molecule has 2 unspecified atom stereocenters. The molecule has 1 spiro atoms. The zero-order valence-electron chi connectivity index (χ0n) is 32.5. The van der Waals surface area contributed by atoms with E-state index in [0.717, 1.165) is 125 Å². The topological polar surface area (TPSA) is 121 Å². The smallest absolute Gasteiger partial charge is 0.264 e. The van der Waals surface area contributed by atoms with Gasteiger partial charge in [-0.25, -0.2) is 4.85 Å². The number of amides is 5. The number of imide groups is 2. The highest BCUT2D eigenvalue weighted by Gasteiger charge is 2.47. The van der Waals surface area contributed by atoms with Gasteiger partial charge in [0.1, 0.15) is 6.04 Å². The van der Waals surface area contributed by atoms with E-state index >= 15 is 0 Å². The van der Waals surface area contributed by atoms with Gasteiger partial charge in [-0.15, -0.1) is 0 Å². The second-order valence-electron chi connectivity index (χ2n) is 16.8. The Balaban J connectivity index is 0.757. The summed E-state index contributed by atoms with van der Waals surface area (Å²) in [5.74, 6) is -1.33. The monoisotopic (exact) mass is 802 g/mol. The molecule has 58 heavy (non-hydrogen) atoms. The molecule has 0 radical (unpaired) electrons. The van der Waals surface area contributed by atoms with Gasteiger partial charge < -0.3 is 19.6 Å². The lowest BCUT2D eigenvalue weighted by Crippen LogP contribution is -2.54. The molecule has 0 aromatic heterocycles. The molecule has 3 aromatic carbocycles. The summed E-state index contributed by atoms with van der Waals surface area (Å²) in [6.45, 7) is 16.7. The van der Waals surface area contributed by atoms with E-state index in [2.05, 4.69) is 41.9 Å². The molecule has 13 nitrogen and oxygen atoms in total. The molecule has 0 saturated carbocycles. The molecule has 0 aliphatic carbocycles. The normalized spacial score (nSPS) is 24.2. The molecule has 300 valence electrons. The standard InChI is InChI=1S/C44H47ClN8O5/c1-46-35-9-8-32(25-34(35)45)51-18-14-44(27-51)15-19-52(28-44)41(56)30-4-2-5-31(24-30)49-22-20-48(21-23-49)26-29-12-16-50(17-13-29)36-7-3-6-33-39(36)43(58)53(42(33)57)37-10-11-38(54)47-40(37)55/h2-9,24-25,29,37H,10-23,26-28H2,(H,47,54,55). The molecular weight excluding hydrogens is 756 g/mol. The number of anilines is 3. The van der Waals surface area contributed by atoms with Crippen molar-refractivity contribution in [2.45, 2.75) is 44.6 Å². The van der Waals surface area contributed by atoms with Crippen LogP contribution in [0.2, 0.25) is 5.02 Å². The predicted octanol–water partition coefficient (Wildman–Crippen LogP) is 5.07. The van der Waals surface area contributed by atoms with E-state index < -0.39 is 23.8 Å². The lowest BCUT2D eigenvalue weighted by molar-refractivity contribution is -0.136. The van der Waals surface area contributed by atoms with Crippen molar-refractivity contribution in [1.29, 1.82) is 0 Å². The van der Waals surface area contributed by atoms with Crippen LogP contribution < -0.4 is 20.0 Å². The molecule has 6 heterocycles. The summed E-state index contributed by atoms with van der Waals surface area (Å²) in [5.41, 5.74) is 4.79. The Morgan fingerprint density at radius 1 is 0.793 bits per heavy atom. The van der Waals surface area contributed by atoms with E-state index in [1.807, 2.05) is 35.2 Å². The van der Waals surface area contributed by atoms with Crippen LogP contribution in [0.1, 0.15) is 69.6 Å². The number of carbonyl (C=O) groups is 5. The SMILES string of the molecule is [C-]#[N+]c1ccc(N2CCC3(CCN(C(=O)c4cccc(N5CCN(CC6CCN(c7cccc8c7C(=O)N(C7CCC(=O)NC7=O)C8=O)CC6)CC5)c4)C3)C2)cc1Cl. The van der Waals surface area contributed by atoms with E-state index in [0.29, 0.717) is 27.8 Å². The van der Waals surface area contributed by atoms with Crippen molar-refractivity contribution in [3.63, 3.8) is 0 Å². The minimum absolute atomic E-state index is 0.0630. The number of hydrogen-bond donors (Lipinski definition) is 1. The fraction of sp³-hybridized carbons (Fsp3) is 0.455. The van der Waals surface area contributed by atoms with Crippen LogP contribution in [-0.2, 0) is 9.59 Å². The number of piperazine rings is 1. The molecule has 5 amide bonds. The second-order valence-corrected chi connectivity index (χ2v) is 17.2. The van der Waals surface area contributed by atoms with E-state index in [1.54, 1.807) is 18.2 Å². The Morgan fingerprint density at radius 2 is 1.55 bits per heavy atom. The van der Waals surface area contributed by atoms with Crippen molar-refractivity contribution in [2.24, 2.45) is 11.3 Å². The van der Waals surface area contributed by atoms with Crippen LogP contribution >= 0.6 is 11.6 Å². The highest BCUT2D eigenvalue weighted by atomic mass is 35.5. The summed E-state index contributed by atoms with van der Waals surface area (Å²) in [7, 11) is 0. The number of likely N-dealkylation sites (tertiary alicyclic amines) is 1. The minimum atomic E-state index is -0.979. The van der Waals surface area contributed by atoms with Gasteiger partial charge in [0.05, 0.1) is 23.4 Å². The molecule has 3 aromatic rings. The summed E-state index contributed by atoms with van der Waals surface area (Å²) >= 11 is 6.34. The first-order chi connectivity index (χ1) is 28.1. The molecule has 6 aliphatic heterocycles. The van der Waals surface area contributed by atoms with E-state index in [9.17, 15) is 24.0 Å². The van der Waals surface area contributed by atoms with Crippen LogP contribution in [0, 0.1) is 17.9 Å². The summed E-state index contributed by atoms with van der Waals surface area (Å²) in [6.07, 6.45) is 4.16. The molecule has 5 saturated heterocycles. The number of nitrogens with one attached hydrogen (secondary N) is 1. The van der Waals surface area contributed by atoms with Crippen molar-refractivity contribution in [1.82, 2.24) is 20.0 Å². The molecule has 5 fully saturated rings. The average Bonchev–Trinajstić information content (AvgIpc) is 3.93. The number of rotatable bonds is 7. The number of hydrogen-bond acceptors (Lipinski definition) is 9. The maximum atomic E-state index is 13.8. The van der Waals surface area contributed by atoms with Crippen LogP contribution in [0.5, 0.6) is 0 Å². The third kappa shape index (κ3) is 7.06. The Hall–Kier alpha value is -5.45. The van der Waals surface area contributed by atoms with Gasteiger partial charge in [-0.2, -0.15) is 0 Å². The van der Waals surface area contributed by atoms with Crippen molar-refractivity contribution < 1.29 is 24.0 Å². The van der Waals surface area contributed by atoms with Crippen LogP contribution in [0.3, 0.4) is 0 Å². The van der Waals surface area contributed by atoms with Crippen molar-refractivity contribution in [3.8, 4) is 0 Å². The third-order valence-corrected chi connectivity index (χ3v) is 13.6. The minimum Gasteiger partial charge on any atom is -0.371 e. The summed E-state index contributed by atoms with van der Waals surface area (Å²) in [6, 6.07) is 18.1. The Kier molecular flexibility index (Phi) is 10.1. The first-order valence-corrected chi connectivity index (χ1v) is 20.9. The molecule has 1 N–H and O–H groups in total. The van der Waals surface area contributed by atoms with Crippen LogP contribution in [0.4, 0.5) is 22.7 Å². The maximum absolute atomic E-state index is 13.8. The van der Waals surface area contributed by atoms with Gasteiger partial charge in [-0.1, -0.05) is 29.8 Å². The maximum Gasteiger partial charge on any atom is 0.264 e. The predicted molar refractivity (Wildman–Crippen MR) is 221 cm³/mol. The molecule has 14 heteroatoms. The highest BCUT2D eigenvalue weighted by Crippen LogP contribution is 2.43. The Labute approximate surface area is 343 Å². The largest absolute Gasteiger partial charge is 0.371 e. The van der Waals surface area contributed by atoms with E-state index in [1.165, 1.54) is 0 Å². The van der Waals surface area contributed by atoms with E-state index in [-0.39, 0.29) is 30.1 Å². The number of piperidine rings is 2. The van der Waals surface area contributed by atoms with Gasteiger partial charge in [0.25, 0.3) is 17.7 Å². The second kappa shape index (κ2) is 15.4. The molecule has 2 atom stereocenters. The zero-order chi connectivity index (χ0) is 40.1. The van der Waals surface area contributed by atoms with Crippen LogP contribution in [0.15, 0.2) is 60.7 Å². The first kappa shape index (κ1) is 38.1. The fourth-order valence-electron chi connectivity index (χ4n) is 10.1. The van der Waals surface area contributed by atoms with Gasteiger partial charge in [-0.3, -0.25) is 39.1 Å². The van der Waals surface area contributed by atoms with Gasteiger partial charge in [0, 0.05) is 106 Å². The molecule has 9 rings (SSSR count). The number of nitrogens with zero attached hydrogens (tertiary/aromatic N) is 7. The Bertz CT molecular complexity index is 2230. The Morgan fingerprint density at radius 3 is 2.31 bits per heavy atom. The third-order valence-electron chi connectivity index (χ3n) is 13.3. The summed E-state index contributed by atoms with van der Waals surface area (Å²) in [4.78, 5) is 81.1. The quantitative estimate of drug-likeness (QED) is 0.258. The average molecular weight is 803 g/mol. The van der Waals surface area contributed by atoms with Gasteiger partial charge in [0.15, 0.2) is 0 Å². The lowest BCUT2D eigenvalue weighted by Gasteiger charge is -2.40. The molecule has 6 aliphatic rings. The molecule has 0 bridgehead atoms. The van der Waals surface area contributed by atoms with E-state index in [4.69, 9.17) is 18.2 Å². The van der Waals surface area contributed by atoms with Crippen molar-refractivity contribution in [3.05, 3.63) is 93.8 Å². The summed E-state index contributed by atoms with van der Waals surface area (Å²) in [5, 5.41) is 2.75. The molecular formula is C44H47ClN8O5. The first-order valence-electron chi connectivity index (χ1n) is 20.5. The lowest BCUT2D eigenvalue weighted by atomic mass is 9.86. The number of halogens is 1. The van der Waals surface area contributed by atoms with Crippen molar-refractivity contribution in [2.75, 3.05) is 86.7 Å². The van der Waals surface area contributed by atoms with Crippen molar-refractivity contribution >= 4 is 63.9 Å². The van der Waals surface area contributed by atoms with Gasteiger partial charge in [-0.05, 0) is 80.5 Å². The zero-order valence-corrected chi connectivity index (χ0v) is 33.3. The summed E-state index contributed by atoms with van der Waals surface area (Å²) < 4.78 is 0. The number of carbonyl (C=O) groups excluding carboxylic acids is 5. The highest BCUT2D eigenvalue weighted by molar-refractivity contribution is 6.33.